The summed E-state index contributed by atoms with van der Waals surface area (Å²) >= 11 is 0. The lowest BCUT2D eigenvalue weighted by atomic mass is 9.87. The number of hydrogen-bond acceptors (Lipinski definition) is 5. The van der Waals surface area contributed by atoms with Gasteiger partial charge < -0.3 is 4.74 Å². The first-order valence-electron chi connectivity index (χ1n) is 10.9. The molecule has 4 aromatic rings. The van der Waals surface area contributed by atoms with Crippen LogP contribution in [-0.2, 0) is 11.8 Å². The van der Waals surface area contributed by atoms with Crippen LogP contribution in [0.1, 0.15) is 48.7 Å². The van der Waals surface area contributed by atoms with Crippen LogP contribution in [0.5, 0.6) is 0 Å². The maximum Gasteiger partial charge on any atom is 0.294 e. The molecule has 0 N–H and O–H groups in total. The molecule has 0 unspecified atom stereocenters. The molecule has 0 amide bonds. The average molecular weight is 469 g/mol. The zero-order valence-electron chi connectivity index (χ0n) is 18.8. The van der Waals surface area contributed by atoms with Crippen LogP contribution < -0.4 is 5.56 Å². The van der Waals surface area contributed by atoms with Crippen molar-refractivity contribution < 1.29 is 17.9 Å². The van der Waals surface area contributed by atoms with Gasteiger partial charge in [0.2, 0.25) is 5.82 Å². The van der Waals surface area contributed by atoms with Gasteiger partial charge in [-0.15, -0.1) is 0 Å². The van der Waals surface area contributed by atoms with Gasteiger partial charge >= 0.3 is 0 Å². The Morgan fingerprint density at radius 1 is 1.12 bits per heavy atom. The number of halogens is 3. The minimum absolute atomic E-state index is 0.00192. The number of nitrogens with zero attached hydrogens (tertiary/aromatic N) is 5. The van der Waals surface area contributed by atoms with E-state index in [1.807, 2.05) is 20.2 Å². The molecule has 3 atom stereocenters. The second-order valence-corrected chi connectivity index (χ2v) is 8.70. The predicted octanol–water partition coefficient (Wildman–Crippen LogP) is 4.24. The van der Waals surface area contributed by atoms with E-state index in [1.165, 1.54) is 19.2 Å². The molecule has 0 spiro atoms. The van der Waals surface area contributed by atoms with Crippen LogP contribution in [0.15, 0.2) is 41.6 Å². The number of aromatic nitrogens is 5. The Labute approximate surface area is 192 Å². The molecule has 10 heteroatoms. The standard InChI is InChI=1S/C24H22F3N5O2/c1-12-6-14(7-20(34-12)15-9-28-31(3)10-15)19-11-32-23(29-13(2)21(27)24(32)33)22(30-19)17-5-4-16(25)8-18(17)26/h4-5,8-12,14,20H,6-7H2,1-3H3/t12-,14+,20-/m0/s1. The zero-order valence-corrected chi connectivity index (χ0v) is 18.8. The van der Waals surface area contributed by atoms with Crippen LogP contribution in [0.25, 0.3) is 16.9 Å². The third kappa shape index (κ3) is 3.87. The van der Waals surface area contributed by atoms with E-state index in [2.05, 4.69) is 15.1 Å². The van der Waals surface area contributed by atoms with Crippen molar-refractivity contribution in [2.45, 2.75) is 44.8 Å². The minimum Gasteiger partial charge on any atom is -0.370 e. The molecule has 1 aliphatic rings. The summed E-state index contributed by atoms with van der Waals surface area (Å²) in [6.07, 6.45) is 5.82. The number of fused-ring (bicyclic) bond motifs is 1. The summed E-state index contributed by atoms with van der Waals surface area (Å²) in [5, 5.41) is 4.21. The van der Waals surface area contributed by atoms with Crippen LogP contribution in [0.3, 0.4) is 0 Å². The molecule has 1 fully saturated rings. The SMILES string of the molecule is Cc1nc2c(-c3ccc(F)cc3F)nc([C@H]3C[C@@H](c4cnn(C)c4)O[C@@H](C)C3)cn2c(=O)c1F. The van der Waals surface area contributed by atoms with Crippen molar-refractivity contribution in [2.75, 3.05) is 0 Å². The summed E-state index contributed by atoms with van der Waals surface area (Å²) in [7, 11) is 1.82. The lowest BCUT2D eigenvalue weighted by molar-refractivity contribution is -0.0506. The quantitative estimate of drug-likeness (QED) is 0.449. The van der Waals surface area contributed by atoms with Gasteiger partial charge in [-0.1, -0.05) is 0 Å². The maximum absolute atomic E-state index is 14.8. The highest BCUT2D eigenvalue weighted by Gasteiger charge is 2.32. The lowest BCUT2D eigenvalue weighted by Crippen LogP contribution is -2.27. The van der Waals surface area contributed by atoms with Gasteiger partial charge in [-0.05, 0) is 38.8 Å². The molecule has 34 heavy (non-hydrogen) atoms. The van der Waals surface area contributed by atoms with Crippen molar-refractivity contribution in [3.8, 4) is 11.3 Å². The molecule has 4 heterocycles. The van der Waals surface area contributed by atoms with Crippen molar-refractivity contribution in [3.63, 3.8) is 0 Å². The Balaban J connectivity index is 1.69. The van der Waals surface area contributed by atoms with Crippen LogP contribution in [-0.4, -0.2) is 30.3 Å². The van der Waals surface area contributed by atoms with Crippen molar-refractivity contribution in [1.29, 1.82) is 0 Å². The molecular weight excluding hydrogens is 447 g/mol. The molecule has 0 bridgehead atoms. The van der Waals surface area contributed by atoms with Crippen LogP contribution in [0.2, 0.25) is 0 Å². The van der Waals surface area contributed by atoms with E-state index in [9.17, 15) is 18.0 Å². The summed E-state index contributed by atoms with van der Waals surface area (Å²) in [4.78, 5) is 21.6. The first kappa shape index (κ1) is 22.3. The third-order valence-corrected chi connectivity index (χ3v) is 6.15. The van der Waals surface area contributed by atoms with E-state index >= 15 is 0 Å². The average Bonchev–Trinajstić information content (AvgIpc) is 3.23. The van der Waals surface area contributed by atoms with Gasteiger partial charge in [0.15, 0.2) is 5.65 Å². The Hall–Kier alpha value is -3.53. The number of ether oxygens (including phenoxy) is 1. The minimum atomic E-state index is -0.992. The maximum atomic E-state index is 14.8. The number of rotatable bonds is 3. The topological polar surface area (TPSA) is 74.3 Å². The van der Waals surface area contributed by atoms with Gasteiger partial charge in [0.1, 0.15) is 17.3 Å². The first-order chi connectivity index (χ1) is 16.2. The van der Waals surface area contributed by atoms with Crippen LogP contribution in [0, 0.1) is 24.4 Å². The largest absolute Gasteiger partial charge is 0.370 e. The predicted molar refractivity (Wildman–Crippen MR) is 118 cm³/mol. The van der Waals surface area contributed by atoms with Gasteiger partial charge in [0.25, 0.3) is 5.56 Å². The van der Waals surface area contributed by atoms with Gasteiger partial charge in [0.05, 0.1) is 29.8 Å². The summed E-state index contributed by atoms with van der Waals surface area (Å²) in [6, 6.07) is 3.09. The lowest BCUT2D eigenvalue weighted by Gasteiger charge is -2.33. The third-order valence-electron chi connectivity index (χ3n) is 6.15. The Bertz CT molecular complexity index is 1470. The molecular formula is C24H22F3N5O2. The molecule has 1 aromatic carbocycles. The van der Waals surface area contributed by atoms with Crippen molar-refractivity contribution in [3.05, 3.63) is 81.5 Å². The van der Waals surface area contributed by atoms with Crippen molar-refractivity contribution >= 4 is 5.65 Å². The molecule has 5 rings (SSSR count). The van der Waals surface area contributed by atoms with Gasteiger partial charge in [-0.3, -0.25) is 13.9 Å². The van der Waals surface area contributed by atoms with Crippen LogP contribution >= 0.6 is 0 Å². The molecule has 176 valence electrons. The Morgan fingerprint density at radius 2 is 1.91 bits per heavy atom. The molecule has 7 nitrogen and oxygen atoms in total. The molecule has 0 aliphatic carbocycles. The number of benzene rings is 1. The molecule has 0 saturated carbocycles. The number of aryl methyl sites for hydroxylation is 2. The second-order valence-electron chi connectivity index (χ2n) is 8.70. The highest BCUT2D eigenvalue weighted by molar-refractivity contribution is 5.74. The van der Waals surface area contributed by atoms with Gasteiger partial charge in [-0.25, -0.2) is 18.7 Å². The fourth-order valence-corrected chi connectivity index (χ4v) is 4.51. The van der Waals surface area contributed by atoms with E-state index in [4.69, 9.17) is 4.74 Å². The Morgan fingerprint density at radius 3 is 2.62 bits per heavy atom. The highest BCUT2D eigenvalue weighted by atomic mass is 19.1. The summed E-state index contributed by atoms with van der Waals surface area (Å²) < 4.78 is 51.7. The fraction of sp³-hybridized carbons (Fsp3) is 0.333. The second kappa shape index (κ2) is 8.35. The highest BCUT2D eigenvalue weighted by Crippen LogP contribution is 2.40. The van der Waals surface area contributed by atoms with Crippen molar-refractivity contribution in [1.82, 2.24) is 24.1 Å². The van der Waals surface area contributed by atoms with E-state index in [0.717, 1.165) is 22.1 Å². The van der Waals surface area contributed by atoms with E-state index in [1.54, 1.807) is 10.9 Å². The molecule has 1 aliphatic heterocycles. The summed E-state index contributed by atoms with van der Waals surface area (Å²) in [5.41, 5.74) is 0.378. The van der Waals surface area contributed by atoms with Crippen molar-refractivity contribution in [2.24, 2.45) is 7.05 Å². The van der Waals surface area contributed by atoms with Gasteiger partial charge in [0, 0.05) is 42.6 Å². The molecule has 1 saturated heterocycles. The monoisotopic (exact) mass is 469 g/mol. The van der Waals surface area contributed by atoms with E-state index < -0.39 is 23.0 Å². The van der Waals surface area contributed by atoms with Crippen LogP contribution in [0.4, 0.5) is 13.2 Å². The molecule has 3 aromatic heterocycles. The van der Waals surface area contributed by atoms with Gasteiger partial charge in [-0.2, -0.15) is 9.49 Å². The summed E-state index contributed by atoms with van der Waals surface area (Å²) in [6.45, 7) is 3.29. The Kier molecular flexibility index (Phi) is 5.47. The first-order valence-corrected chi connectivity index (χ1v) is 10.9. The summed E-state index contributed by atoms with van der Waals surface area (Å²) in [5.74, 6) is -2.76. The van der Waals surface area contributed by atoms with E-state index in [-0.39, 0.29) is 40.7 Å². The van der Waals surface area contributed by atoms with E-state index in [0.29, 0.717) is 18.5 Å². The number of hydrogen-bond donors (Lipinski definition) is 0. The molecule has 0 radical (unpaired) electrons. The smallest absolute Gasteiger partial charge is 0.294 e. The zero-order chi connectivity index (χ0) is 24.1. The fourth-order valence-electron chi connectivity index (χ4n) is 4.51. The normalized spacial score (nSPS) is 20.7.